The van der Waals surface area contributed by atoms with Gasteiger partial charge in [-0.25, -0.2) is 4.79 Å². The zero-order valence-electron chi connectivity index (χ0n) is 8.10. The van der Waals surface area contributed by atoms with Gasteiger partial charge in [-0.2, -0.15) is 0 Å². The van der Waals surface area contributed by atoms with Crippen LogP contribution in [0.5, 0.6) is 0 Å². The van der Waals surface area contributed by atoms with Crippen LogP contribution in [0.2, 0.25) is 0 Å². The highest BCUT2D eigenvalue weighted by atomic mass is 32.2. The number of anilines is 1. The first-order valence-corrected chi connectivity index (χ1v) is 5.38. The molecule has 15 heavy (non-hydrogen) atoms. The lowest BCUT2D eigenvalue weighted by molar-refractivity contribution is -0.147. The molecular weight excluding hydrogens is 216 g/mol. The van der Waals surface area contributed by atoms with Crippen molar-refractivity contribution in [1.82, 2.24) is 0 Å². The van der Waals surface area contributed by atoms with E-state index in [4.69, 9.17) is 10.9 Å². The molecule has 5 N–H and O–H groups in total. The third kappa shape index (κ3) is 2.41. The van der Waals surface area contributed by atoms with Crippen molar-refractivity contribution in [2.24, 2.45) is 5.84 Å². The van der Waals surface area contributed by atoms with E-state index in [0.717, 1.165) is 0 Å². The van der Waals surface area contributed by atoms with E-state index in [9.17, 15) is 9.90 Å². The molecule has 0 heterocycles. The van der Waals surface area contributed by atoms with Gasteiger partial charge in [-0.15, -0.1) is 11.8 Å². The molecule has 0 radical (unpaired) electrons. The highest BCUT2D eigenvalue weighted by Gasteiger charge is 2.20. The number of hydrazine groups is 1. The second-order valence-electron chi connectivity index (χ2n) is 2.81. The monoisotopic (exact) mass is 228 g/mol. The van der Waals surface area contributed by atoms with Gasteiger partial charge in [-0.3, -0.25) is 5.84 Å². The average molecular weight is 228 g/mol. The number of nitrogens with one attached hydrogen (secondary N) is 1. The molecule has 0 aliphatic rings. The summed E-state index contributed by atoms with van der Waals surface area (Å²) in [7, 11) is 0. The summed E-state index contributed by atoms with van der Waals surface area (Å²) < 4.78 is 0. The van der Waals surface area contributed by atoms with Crippen molar-refractivity contribution in [3.8, 4) is 0 Å². The van der Waals surface area contributed by atoms with E-state index in [1.54, 1.807) is 24.5 Å². The molecule has 0 fully saturated rings. The lowest BCUT2D eigenvalue weighted by Crippen LogP contribution is -2.14. The number of thioether (sulfide) groups is 1. The number of nitrogens with two attached hydrogens (primary N) is 1. The average Bonchev–Trinajstić information content (AvgIpc) is 2.26. The fourth-order valence-electron chi connectivity index (χ4n) is 1.24. The number of benzene rings is 1. The van der Waals surface area contributed by atoms with Crippen molar-refractivity contribution in [3.63, 3.8) is 0 Å². The van der Waals surface area contributed by atoms with Crippen LogP contribution < -0.4 is 11.3 Å². The zero-order chi connectivity index (χ0) is 11.4. The molecule has 0 saturated heterocycles. The van der Waals surface area contributed by atoms with Crippen molar-refractivity contribution in [2.45, 2.75) is 11.0 Å². The number of nitrogen functional groups attached to an aromatic ring is 1. The van der Waals surface area contributed by atoms with Crippen LogP contribution in [0, 0.1) is 0 Å². The predicted molar refractivity (Wildman–Crippen MR) is 58.6 cm³/mol. The number of aliphatic carboxylic acids is 1. The van der Waals surface area contributed by atoms with Crippen molar-refractivity contribution >= 4 is 23.4 Å². The number of carboxylic acid groups (broad SMARTS) is 1. The summed E-state index contributed by atoms with van der Waals surface area (Å²) in [5.41, 5.74) is 3.39. The van der Waals surface area contributed by atoms with E-state index >= 15 is 0 Å². The lowest BCUT2D eigenvalue weighted by atomic mass is 10.1. The molecule has 1 aromatic rings. The Morgan fingerprint density at radius 2 is 2.27 bits per heavy atom. The van der Waals surface area contributed by atoms with Crippen LogP contribution in [0.1, 0.15) is 11.7 Å². The number of aliphatic hydroxyl groups is 1. The molecule has 1 rings (SSSR count). The normalized spacial score (nSPS) is 12.2. The number of hydrogen-bond donors (Lipinski definition) is 4. The number of hydrogen-bond acceptors (Lipinski definition) is 5. The Hall–Kier alpha value is -1.24. The van der Waals surface area contributed by atoms with Crippen molar-refractivity contribution in [1.29, 1.82) is 0 Å². The fraction of sp³-hybridized carbons (Fsp3) is 0.222. The summed E-state index contributed by atoms with van der Waals surface area (Å²) >= 11 is 1.33. The summed E-state index contributed by atoms with van der Waals surface area (Å²) in [5, 5.41) is 18.2. The van der Waals surface area contributed by atoms with Crippen LogP contribution >= 0.6 is 11.8 Å². The Kier molecular flexibility index (Phi) is 3.96. The summed E-state index contributed by atoms with van der Waals surface area (Å²) in [6.45, 7) is 0. The minimum atomic E-state index is -1.53. The standard InChI is InChI=1S/C9H12N2O3S/c1-15-8-5(7(12)9(13)14)3-2-4-6(8)11-10/h2-4,7,11-12H,10H2,1H3,(H,13,14). The highest BCUT2D eigenvalue weighted by Crippen LogP contribution is 2.32. The Morgan fingerprint density at radius 1 is 1.60 bits per heavy atom. The number of carboxylic acids is 1. The maximum Gasteiger partial charge on any atom is 0.337 e. The molecule has 5 nitrogen and oxygen atoms in total. The van der Waals surface area contributed by atoms with Crippen molar-refractivity contribution in [3.05, 3.63) is 23.8 Å². The zero-order valence-corrected chi connectivity index (χ0v) is 8.91. The van der Waals surface area contributed by atoms with E-state index in [1.807, 2.05) is 0 Å². The van der Waals surface area contributed by atoms with E-state index < -0.39 is 12.1 Å². The first-order valence-electron chi connectivity index (χ1n) is 4.16. The summed E-state index contributed by atoms with van der Waals surface area (Å²) in [6, 6.07) is 4.91. The van der Waals surface area contributed by atoms with Gasteiger partial charge in [0.25, 0.3) is 0 Å². The Bertz CT molecular complexity index is 370. The van der Waals surface area contributed by atoms with Crippen molar-refractivity contribution in [2.75, 3.05) is 11.7 Å². The second-order valence-corrected chi connectivity index (χ2v) is 3.63. The summed E-state index contributed by atoms with van der Waals surface area (Å²) in [6.07, 6.45) is 0.259. The maximum absolute atomic E-state index is 10.7. The SMILES string of the molecule is CSc1c(NN)cccc1C(O)C(=O)O. The van der Waals surface area contributed by atoms with Gasteiger partial charge >= 0.3 is 5.97 Å². The van der Waals surface area contributed by atoms with Gasteiger partial charge in [-0.1, -0.05) is 12.1 Å². The smallest absolute Gasteiger partial charge is 0.337 e. The first-order chi connectivity index (χ1) is 7.11. The molecule has 0 amide bonds. The molecule has 82 valence electrons. The molecule has 1 aromatic carbocycles. The molecule has 0 bridgehead atoms. The second kappa shape index (κ2) is 5.01. The quantitative estimate of drug-likeness (QED) is 0.346. The van der Waals surface area contributed by atoms with Gasteiger partial charge in [0.1, 0.15) is 0 Å². The molecule has 0 saturated carbocycles. The van der Waals surface area contributed by atoms with Crippen LogP contribution in [0.15, 0.2) is 23.1 Å². The van der Waals surface area contributed by atoms with E-state index in [1.165, 1.54) is 11.8 Å². The highest BCUT2D eigenvalue weighted by molar-refractivity contribution is 7.98. The van der Waals surface area contributed by atoms with Gasteiger partial charge < -0.3 is 15.6 Å². The molecule has 0 aliphatic heterocycles. The number of rotatable bonds is 4. The van der Waals surface area contributed by atoms with Crippen LogP contribution in [0.25, 0.3) is 0 Å². The first kappa shape index (κ1) is 11.8. The third-order valence-electron chi connectivity index (χ3n) is 1.93. The van der Waals surface area contributed by atoms with E-state index in [-0.39, 0.29) is 0 Å². The van der Waals surface area contributed by atoms with E-state index in [2.05, 4.69) is 5.43 Å². The maximum atomic E-state index is 10.7. The van der Waals surface area contributed by atoms with Gasteiger partial charge in [-0.05, 0) is 12.3 Å². The molecule has 6 heteroatoms. The van der Waals surface area contributed by atoms with Crippen LogP contribution in [0.4, 0.5) is 5.69 Å². The van der Waals surface area contributed by atoms with Crippen molar-refractivity contribution < 1.29 is 15.0 Å². The predicted octanol–water partition coefficient (Wildman–Crippen LogP) is 0.812. The number of aliphatic hydroxyl groups excluding tert-OH is 1. The molecule has 0 aromatic heterocycles. The van der Waals surface area contributed by atoms with Gasteiger partial charge in [0, 0.05) is 10.5 Å². The largest absolute Gasteiger partial charge is 0.479 e. The minimum Gasteiger partial charge on any atom is -0.479 e. The topological polar surface area (TPSA) is 95.6 Å². The van der Waals surface area contributed by atoms with Gasteiger partial charge in [0.2, 0.25) is 0 Å². The molecule has 0 spiro atoms. The molecule has 0 aliphatic carbocycles. The summed E-state index contributed by atoms with van der Waals surface area (Å²) in [5.74, 6) is 4.00. The van der Waals surface area contributed by atoms with Crippen LogP contribution in [0.3, 0.4) is 0 Å². The Morgan fingerprint density at radius 3 is 2.73 bits per heavy atom. The summed E-state index contributed by atoms with van der Waals surface area (Å²) in [4.78, 5) is 11.3. The molecule has 1 unspecified atom stereocenters. The molecule has 1 atom stereocenters. The minimum absolute atomic E-state index is 0.338. The fourth-order valence-corrected chi connectivity index (χ4v) is 2.01. The van der Waals surface area contributed by atoms with Gasteiger partial charge in [0.15, 0.2) is 6.10 Å². The van der Waals surface area contributed by atoms with Gasteiger partial charge in [0.05, 0.1) is 5.69 Å². The Balaban J connectivity index is 3.22. The van der Waals surface area contributed by atoms with Crippen LogP contribution in [-0.4, -0.2) is 22.4 Å². The van der Waals surface area contributed by atoms with E-state index in [0.29, 0.717) is 16.1 Å². The third-order valence-corrected chi connectivity index (χ3v) is 2.80. The molecular formula is C9H12N2O3S. The number of carbonyl (C=O) groups is 1. The lowest BCUT2D eigenvalue weighted by Gasteiger charge is -2.14. The Labute approximate surface area is 91.3 Å². The van der Waals surface area contributed by atoms with Crippen LogP contribution in [-0.2, 0) is 4.79 Å².